The number of aliphatic hydroxyl groups is 1. The zero-order valence-electron chi connectivity index (χ0n) is 11.7. The molecule has 1 aromatic rings. The molecule has 2 unspecified atom stereocenters. The van der Waals surface area contributed by atoms with E-state index in [-0.39, 0.29) is 17.5 Å². The van der Waals surface area contributed by atoms with E-state index in [1.807, 2.05) is 6.92 Å². The first-order valence-corrected chi connectivity index (χ1v) is 8.16. The molecule has 112 valence electrons. The normalized spacial score (nSPS) is 26.9. The maximum absolute atomic E-state index is 13.3. The van der Waals surface area contributed by atoms with Crippen LogP contribution < -0.4 is 4.72 Å². The highest BCUT2D eigenvalue weighted by Crippen LogP contribution is 2.38. The maximum atomic E-state index is 13.3. The van der Waals surface area contributed by atoms with E-state index in [4.69, 9.17) is 0 Å². The van der Waals surface area contributed by atoms with Crippen LogP contribution in [0, 0.1) is 18.2 Å². The van der Waals surface area contributed by atoms with Crippen molar-refractivity contribution >= 4 is 10.0 Å². The highest BCUT2D eigenvalue weighted by molar-refractivity contribution is 7.89. The van der Waals surface area contributed by atoms with E-state index in [0.29, 0.717) is 12.0 Å². The van der Waals surface area contributed by atoms with Crippen LogP contribution >= 0.6 is 0 Å². The topological polar surface area (TPSA) is 66.4 Å². The molecule has 1 fully saturated rings. The lowest BCUT2D eigenvalue weighted by Gasteiger charge is -2.30. The molecule has 1 aliphatic rings. The van der Waals surface area contributed by atoms with Crippen LogP contribution in [0.25, 0.3) is 0 Å². The lowest BCUT2D eigenvalue weighted by Crippen LogP contribution is -2.44. The second-order valence-electron chi connectivity index (χ2n) is 5.79. The largest absolute Gasteiger partial charge is 0.396 e. The molecule has 0 amide bonds. The molecule has 20 heavy (non-hydrogen) atoms. The molecular weight excluding hydrogens is 281 g/mol. The summed E-state index contributed by atoms with van der Waals surface area (Å²) in [7, 11) is -3.78. The predicted octanol–water partition coefficient (Wildman–Crippen LogP) is 1.96. The van der Waals surface area contributed by atoms with Gasteiger partial charge in [-0.3, -0.25) is 0 Å². The number of hydrogen-bond donors (Lipinski definition) is 2. The standard InChI is InChI=1S/C14H20FNO3S/c1-10-5-6-11(15)8-12(10)20(18,19)16-13-4-3-7-14(13,2)9-17/h5-6,8,13,16-17H,3-4,7,9H2,1-2H3. The number of sulfonamides is 1. The zero-order valence-corrected chi connectivity index (χ0v) is 12.5. The van der Waals surface area contributed by atoms with Gasteiger partial charge in [-0.25, -0.2) is 17.5 Å². The number of aryl methyl sites for hydroxylation is 1. The van der Waals surface area contributed by atoms with Crippen molar-refractivity contribution in [2.75, 3.05) is 6.61 Å². The molecule has 0 aliphatic heterocycles. The summed E-state index contributed by atoms with van der Waals surface area (Å²) in [6.45, 7) is 3.43. The van der Waals surface area contributed by atoms with Crippen molar-refractivity contribution in [3.8, 4) is 0 Å². The molecule has 0 radical (unpaired) electrons. The fourth-order valence-electron chi connectivity index (χ4n) is 2.74. The Kier molecular flexibility index (Phi) is 4.18. The first-order chi connectivity index (χ1) is 9.28. The van der Waals surface area contributed by atoms with Crippen LogP contribution in [-0.4, -0.2) is 26.2 Å². The van der Waals surface area contributed by atoms with Gasteiger partial charge in [0.1, 0.15) is 5.82 Å². The van der Waals surface area contributed by atoms with Crippen molar-refractivity contribution in [1.82, 2.24) is 4.72 Å². The van der Waals surface area contributed by atoms with Gasteiger partial charge in [-0.15, -0.1) is 0 Å². The Morgan fingerprint density at radius 3 is 2.85 bits per heavy atom. The van der Waals surface area contributed by atoms with Crippen molar-refractivity contribution in [3.05, 3.63) is 29.6 Å². The third kappa shape index (κ3) is 2.87. The molecule has 4 nitrogen and oxygen atoms in total. The number of hydrogen-bond acceptors (Lipinski definition) is 3. The molecule has 2 N–H and O–H groups in total. The van der Waals surface area contributed by atoms with Crippen molar-refractivity contribution in [2.45, 2.75) is 44.0 Å². The smallest absolute Gasteiger partial charge is 0.241 e. The fraction of sp³-hybridized carbons (Fsp3) is 0.571. The second kappa shape index (κ2) is 5.42. The maximum Gasteiger partial charge on any atom is 0.241 e. The van der Waals surface area contributed by atoms with E-state index in [1.165, 1.54) is 12.1 Å². The van der Waals surface area contributed by atoms with Gasteiger partial charge in [-0.1, -0.05) is 19.4 Å². The average molecular weight is 301 g/mol. The molecule has 0 spiro atoms. The molecule has 6 heteroatoms. The number of rotatable bonds is 4. The molecule has 1 saturated carbocycles. The molecule has 0 bridgehead atoms. The van der Waals surface area contributed by atoms with Crippen molar-refractivity contribution in [1.29, 1.82) is 0 Å². The van der Waals surface area contributed by atoms with E-state index in [0.717, 1.165) is 18.9 Å². The third-order valence-electron chi connectivity index (χ3n) is 4.18. The number of nitrogens with one attached hydrogen (secondary N) is 1. The Morgan fingerprint density at radius 1 is 1.50 bits per heavy atom. The molecule has 2 rings (SSSR count). The molecule has 1 aromatic carbocycles. The van der Waals surface area contributed by atoms with E-state index >= 15 is 0 Å². The monoisotopic (exact) mass is 301 g/mol. The van der Waals surface area contributed by atoms with Crippen LogP contribution in [0.4, 0.5) is 4.39 Å². The Bertz CT molecular complexity index is 602. The fourth-order valence-corrected chi connectivity index (χ4v) is 4.40. The first kappa shape index (κ1) is 15.4. The van der Waals surface area contributed by atoms with E-state index in [9.17, 15) is 17.9 Å². The zero-order chi connectivity index (χ0) is 15.0. The molecular formula is C14H20FNO3S. The van der Waals surface area contributed by atoms with Crippen LogP contribution in [0.5, 0.6) is 0 Å². The number of benzene rings is 1. The van der Waals surface area contributed by atoms with Gasteiger partial charge in [-0.2, -0.15) is 0 Å². The Labute approximate surface area is 119 Å². The van der Waals surface area contributed by atoms with Crippen molar-refractivity contribution < 1.29 is 17.9 Å². The van der Waals surface area contributed by atoms with Gasteiger partial charge in [0.05, 0.1) is 4.90 Å². The van der Waals surface area contributed by atoms with E-state index in [1.54, 1.807) is 6.92 Å². The SMILES string of the molecule is Cc1ccc(F)cc1S(=O)(=O)NC1CCCC1(C)CO. The molecule has 2 atom stereocenters. The average Bonchev–Trinajstić information content (AvgIpc) is 2.74. The van der Waals surface area contributed by atoms with Crippen molar-refractivity contribution in [3.63, 3.8) is 0 Å². The van der Waals surface area contributed by atoms with Gasteiger partial charge in [-0.05, 0) is 37.5 Å². The van der Waals surface area contributed by atoms with Crippen LogP contribution in [0.15, 0.2) is 23.1 Å². The highest BCUT2D eigenvalue weighted by atomic mass is 32.2. The lowest BCUT2D eigenvalue weighted by atomic mass is 9.86. The van der Waals surface area contributed by atoms with Gasteiger partial charge < -0.3 is 5.11 Å². The van der Waals surface area contributed by atoms with E-state index < -0.39 is 21.3 Å². The van der Waals surface area contributed by atoms with Crippen LogP contribution in [0.2, 0.25) is 0 Å². The molecule has 1 aliphatic carbocycles. The van der Waals surface area contributed by atoms with Gasteiger partial charge in [0.2, 0.25) is 10.0 Å². The summed E-state index contributed by atoms with van der Waals surface area (Å²) in [5.74, 6) is -0.577. The number of halogens is 1. The van der Waals surface area contributed by atoms with Crippen molar-refractivity contribution in [2.24, 2.45) is 5.41 Å². The van der Waals surface area contributed by atoms with Gasteiger partial charge >= 0.3 is 0 Å². The first-order valence-electron chi connectivity index (χ1n) is 6.68. The Hall–Kier alpha value is -0.980. The minimum atomic E-state index is -3.78. The van der Waals surface area contributed by atoms with Crippen LogP contribution in [0.3, 0.4) is 0 Å². The number of aliphatic hydroxyl groups excluding tert-OH is 1. The summed E-state index contributed by atoms with van der Waals surface area (Å²) < 4.78 is 40.7. The Morgan fingerprint density at radius 2 is 2.20 bits per heavy atom. The van der Waals surface area contributed by atoms with Crippen LogP contribution in [-0.2, 0) is 10.0 Å². The second-order valence-corrected chi connectivity index (χ2v) is 7.47. The molecule has 0 aromatic heterocycles. The summed E-state index contributed by atoms with van der Waals surface area (Å²) in [4.78, 5) is -0.0373. The quantitative estimate of drug-likeness (QED) is 0.893. The van der Waals surface area contributed by atoms with Crippen LogP contribution in [0.1, 0.15) is 31.7 Å². The molecule has 0 saturated heterocycles. The molecule has 0 heterocycles. The summed E-state index contributed by atoms with van der Waals surface area (Å²) in [6, 6.07) is 3.40. The van der Waals surface area contributed by atoms with E-state index in [2.05, 4.69) is 4.72 Å². The highest BCUT2D eigenvalue weighted by Gasteiger charge is 2.40. The summed E-state index contributed by atoms with van der Waals surface area (Å²) in [5, 5.41) is 9.47. The summed E-state index contributed by atoms with van der Waals surface area (Å²) >= 11 is 0. The summed E-state index contributed by atoms with van der Waals surface area (Å²) in [5.41, 5.74) is 0.0523. The van der Waals surface area contributed by atoms with Gasteiger partial charge in [0.15, 0.2) is 0 Å². The predicted molar refractivity (Wildman–Crippen MR) is 74.3 cm³/mol. The Balaban J connectivity index is 2.30. The minimum Gasteiger partial charge on any atom is -0.396 e. The summed E-state index contributed by atoms with van der Waals surface area (Å²) in [6.07, 6.45) is 2.33. The lowest BCUT2D eigenvalue weighted by molar-refractivity contribution is 0.127. The van der Waals surface area contributed by atoms with Gasteiger partial charge in [0, 0.05) is 18.1 Å². The van der Waals surface area contributed by atoms with Gasteiger partial charge in [0.25, 0.3) is 0 Å². The minimum absolute atomic E-state index is 0.0373. The third-order valence-corrected chi connectivity index (χ3v) is 5.79.